The van der Waals surface area contributed by atoms with Gasteiger partial charge in [-0.1, -0.05) is 0 Å². The number of amides is 1. The monoisotopic (exact) mass is 170 g/mol. The SMILES string of the molecule is CCN1CCC(N)C(C)(C)C1=O. The fourth-order valence-electron chi connectivity index (χ4n) is 1.63. The molecule has 0 spiro atoms. The van der Waals surface area contributed by atoms with Gasteiger partial charge in [0.1, 0.15) is 0 Å². The Morgan fingerprint density at radius 3 is 2.75 bits per heavy atom. The summed E-state index contributed by atoms with van der Waals surface area (Å²) in [6.45, 7) is 7.49. The lowest BCUT2D eigenvalue weighted by atomic mass is 9.79. The Hall–Kier alpha value is -0.570. The van der Waals surface area contributed by atoms with E-state index in [2.05, 4.69) is 0 Å². The Kier molecular flexibility index (Phi) is 2.42. The molecule has 3 heteroatoms. The number of likely N-dealkylation sites (tertiary alicyclic amines) is 1. The van der Waals surface area contributed by atoms with E-state index in [1.165, 1.54) is 0 Å². The van der Waals surface area contributed by atoms with Crippen molar-refractivity contribution in [3.05, 3.63) is 0 Å². The predicted octanol–water partition coefficient (Wildman–Crippen LogP) is 0.592. The van der Waals surface area contributed by atoms with Crippen molar-refractivity contribution in [2.24, 2.45) is 11.1 Å². The van der Waals surface area contributed by atoms with E-state index >= 15 is 0 Å². The molecule has 1 amide bonds. The molecule has 3 nitrogen and oxygen atoms in total. The molecule has 0 aromatic carbocycles. The minimum absolute atomic E-state index is 0.0211. The Morgan fingerprint density at radius 2 is 2.25 bits per heavy atom. The average molecular weight is 170 g/mol. The van der Waals surface area contributed by atoms with Crippen LogP contribution in [0.15, 0.2) is 0 Å². The molecule has 1 atom stereocenters. The fourth-order valence-corrected chi connectivity index (χ4v) is 1.63. The van der Waals surface area contributed by atoms with Gasteiger partial charge in [-0.2, -0.15) is 0 Å². The lowest BCUT2D eigenvalue weighted by molar-refractivity contribution is -0.145. The summed E-state index contributed by atoms with van der Waals surface area (Å²) in [5, 5.41) is 0. The smallest absolute Gasteiger partial charge is 0.229 e. The number of piperidine rings is 1. The number of hydrogen-bond acceptors (Lipinski definition) is 2. The van der Waals surface area contributed by atoms with E-state index in [0.717, 1.165) is 19.5 Å². The Bertz CT molecular complexity index is 189. The number of rotatable bonds is 1. The zero-order valence-electron chi connectivity index (χ0n) is 8.13. The molecule has 1 saturated heterocycles. The molecule has 1 unspecified atom stereocenters. The molecule has 1 fully saturated rings. The van der Waals surface area contributed by atoms with E-state index in [0.29, 0.717) is 0 Å². The third-order valence-corrected chi connectivity index (χ3v) is 2.86. The predicted molar refractivity (Wildman–Crippen MR) is 48.6 cm³/mol. The Balaban J connectivity index is 2.78. The maximum Gasteiger partial charge on any atom is 0.229 e. The van der Waals surface area contributed by atoms with Gasteiger partial charge in [-0.05, 0) is 27.2 Å². The highest BCUT2D eigenvalue weighted by Gasteiger charge is 2.40. The van der Waals surface area contributed by atoms with Crippen molar-refractivity contribution < 1.29 is 4.79 Å². The standard InChI is InChI=1S/C9H18N2O/c1-4-11-6-5-7(10)9(2,3)8(11)12/h7H,4-6,10H2,1-3H3. The fraction of sp³-hybridized carbons (Fsp3) is 0.889. The van der Waals surface area contributed by atoms with Crippen LogP contribution in [0.2, 0.25) is 0 Å². The van der Waals surface area contributed by atoms with Crippen LogP contribution < -0.4 is 5.73 Å². The molecule has 2 N–H and O–H groups in total. The first-order chi connectivity index (χ1) is 5.50. The Labute approximate surface area is 73.9 Å². The second kappa shape index (κ2) is 3.05. The van der Waals surface area contributed by atoms with Gasteiger partial charge < -0.3 is 10.6 Å². The van der Waals surface area contributed by atoms with Gasteiger partial charge in [-0.3, -0.25) is 4.79 Å². The summed E-state index contributed by atoms with van der Waals surface area (Å²) < 4.78 is 0. The van der Waals surface area contributed by atoms with E-state index in [4.69, 9.17) is 5.73 Å². The molecule has 70 valence electrons. The van der Waals surface area contributed by atoms with Gasteiger partial charge in [-0.25, -0.2) is 0 Å². The highest BCUT2D eigenvalue weighted by Crippen LogP contribution is 2.28. The first-order valence-electron chi connectivity index (χ1n) is 4.55. The van der Waals surface area contributed by atoms with Crippen molar-refractivity contribution in [3.63, 3.8) is 0 Å². The van der Waals surface area contributed by atoms with Crippen LogP contribution in [-0.4, -0.2) is 29.9 Å². The molecule has 12 heavy (non-hydrogen) atoms. The number of nitrogens with two attached hydrogens (primary N) is 1. The van der Waals surface area contributed by atoms with Crippen molar-refractivity contribution in [2.75, 3.05) is 13.1 Å². The second-order valence-corrected chi connectivity index (χ2v) is 4.00. The summed E-state index contributed by atoms with van der Waals surface area (Å²) in [4.78, 5) is 13.6. The molecule has 0 radical (unpaired) electrons. The summed E-state index contributed by atoms with van der Waals surface area (Å²) in [5.41, 5.74) is 5.51. The van der Waals surface area contributed by atoms with E-state index in [1.54, 1.807) is 0 Å². The molecular formula is C9H18N2O. The van der Waals surface area contributed by atoms with Crippen LogP contribution in [0.4, 0.5) is 0 Å². The van der Waals surface area contributed by atoms with Crippen LogP contribution in [-0.2, 0) is 4.79 Å². The van der Waals surface area contributed by atoms with Crippen LogP contribution in [0.1, 0.15) is 27.2 Å². The highest BCUT2D eigenvalue weighted by molar-refractivity contribution is 5.83. The van der Waals surface area contributed by atoms with Crippen LogP contribution in [0, 0.1) is 5.41 Å². The number of nitrogens with zero attached hydrogens (tertiary/aromatic N) is 1. The van der Waals surface area contributed by atoms with E-state index < -0.39 is 0 Å². The van der Waals surface area contributed by atoms with E-state index in [9.17, 15) is 4.79 Å². The van der Waals surface area contributed by atoms with Gasteiger partial charge in [0.05, 0.1) is 5.41 Å². The average Bonchev–Trinajstić information content (AvgIpc) is 2.02. The summed E-state index contributed by atoms with van der Waals surface area (Å²) in [5.74, 6) is 0.198. The molecule has 0 aromatic rings. The second-order valence-electron chi connectivity index (χ2n) is 4.00. The maximum atomic E-state index is 11.7. The largest absolute Gasteiger partial charge is 0.342 e. The first-order valence-corrected chi connectivity index (χ1v) is 4.55. The van der Waals surface area contributed by atoms with Crippen molar-refractivity contribution >= 4 is 5.91 Å². The molecule has 1 aliphatic rings. The molecule has 0 aromatic heterocycles. The minimum atomic E-state index is -0.367. The third kappa shape index (κ3) is 1.33. The molecule has 1 aliphatic heterocycles. The number of carbonyl (C=O) groups excluding carboxylic acids is 1. The van der Waals surface area contributed by atoms with Crippen molar-refractivity contribution in [1.29, 1.82) is 0 Å². The summed E-state index contributed by atoms with van der Waals surface area (Å²) >= 11 is 0. The van der Waals surface area contributed by atoms with E-state index in [1.807, 2.05) is 25.7 Å². The van der Waals surface area contributed by atoms with Crippen LogP contribution in [0.25, 0.3) is 0 Å². The Morgan fingerprint density at radius 1 is 1.67 bits per heavy atom. The van der Waals surface area contributed by atoms with Gasteiger partial charge in [0.25, 0.3) is 0 Å². The van der Waals surface area contributed by atoms with Gasteiger partial charge in [0.2, 0.25) is 5.91 Å². The molecule has 1 heterocycles. The van der Waals surface area contributed by atoms with Crippen molar-refractivity contribution in [2.45, 2.75) is 33.2 Å². The first kappa shape index (κ1) is 9.52. The van der Waals surface area contributed by atoms with Crippen molar-refractivity contribution in [3.8, 4) is 0 Å². The van der Waals surface area contributed by atoms with Gasteiger partial charge in [0, 0.05) is 19.1 Å². The normalized spacial score (nSPS) is 29.2. The zero-order valence-corrected chi connectivity index (χ0v) is 8.13. The third-order valence-electron chi connectivity index (χ3n) is 2.86. The van der Waals surface area contributed by atoms with Gasteiger partial charge in [-0.15, -0.1) is 0 Å². The molecule has 0 aliphatic carbocycles. The van der Waals surface area contributed by atoms with Crippen LogP contribution >= 0.6 is 0 Å². The summed E-state index contributed by atoms with van der Waals surface area (Å²) in [6.07, 6.45) is 0.923. The van der Waals surface area contributed by atoms with Gasteiger partial charge >= 0.3 is 0 Å². The van der Waals surface area contributed by atoms with E-state index in [-0.39, 0.29) is 17.4 Å². The number of carbonyl (C=O) groups is 1. The van der Waals surface area contributed by atoms with Crippen LogP contribution in [0.5, 0.6) is 0 Å². The molecule has 1 rings (SSSR count). The maximum absolute atomic E-state index is 11.7. The molecular weight excluding hydrogens is 152 g/mol. The van der Waals surface area contributed by atoms with Gasteiger partial charge in [0.15, 0.2) is 0 Å². The topological polar surface area (TPSA) is 46.3 Å². The quantitative estimate of drug-likeness (QED) is 0.626. The van der Waals surface area contributed by atoms with Crippen molar-refractivity contribution in [1.82, 2.24) is 4.90 Å². The lowest BCUT2D eigenvalue weighted by Crippen LogP contribution is -2.56. The minimum Gasteiger partial charge on any atom is -0.342 e. The number of hydrogen-bond donors (Lipinski definition) is 1. The zero-order chi connectivity index (χ0) is 9.35. The molecule has 0 bridgehead atoms. The summed E-state index contributed by atoms with van der Waals surface area (Å²) in [6, 6.07) is 0.0211. The van der Waals surface area contributed by atoms with Crippen LogP contribution in [0.3, 0.4) is 0 Å². The lowest BCUT2D eigenvalue weighted by Gasteiger charge is -2.41. The summed E-state index contributed by atoms with van der Waals surface area (Å²) in [7, 11) is 0. The molecule has 0 saturated carbocycles. The highest BCUT2D eigenvalue weighted by atomic mass is 16.2.